The van der Waals surface area contributed by atoms with Gasteiger partial charge in [0.1, 0.15) is 11.6 Å². The van der Waals surface area contributed by atoms with Crippen molar-refractivity contribution in [1.82, 2.24) is 0 Å². The molecule has 0 saturated heterocycles. The number of nitrogens with zero attached hydrogens (tertiary/aromatic N) is 1. The van der Waals surface area contributed by atoms with Gasteiger partial charge in [0.2, 0.25) is 0 Å². The molecule has 3 aromatic carbocycles. The number of methoxy groups -OCH3 is 1. The molecule has 5 rings (SSSR count). The molecule has 1 aliphatic rings. The number of carbonyl (C=O) groups excluding carboxylic acids is 1. The predicted octanol–water partition coefficient (Wildman–Crippen LogP) is 7.22. The lowest BCUT2D eigenvalue weighted by Crippen LogP contribution is -2.14. The molecule has 0 saturated carbocycles. The second kappa shape index (κ2) is 11.2. The average molecular weight is 497 g/mol. The average Bonchev–Trinajstić information content (AvgIpc) is 3.30. The van der Waals surface area contributed by atoms with Gasteiger partial charge in [0, 0.05) is 16.8 Å². The fourth-order valence-corrected chi connectivity index (χ4v) is 5.57. The molecule has 0 aliphatic heterocycles. The summed E-state index contributed by atoms with van der Waals surface area (Å²) < 4.78 is 11.5. The first-order valence-corrected chi connectivity index (χ1v) is 12.9. The third kappa shape index (κ3) is 5.50. The normalized spacial score (nSPS) is 12.8. The summed E-state index contributed by atoms with van der Waals surface area (Å²) in [6.45, 7) is 0.464. The number of benzene rings is 3. The van der Waals surface area contributed by atoms with Crippen molar-refractivity contribution in [2.45, 2.75) is 32.3 Å². The van der Waals surface area contributed by atoms with Gasteiger partial charge in [0.15, 0.2) is 11.5 Å². The van der Waals surface area contributed by atoms with E-state index in [-0.39, 0.29) is 5.91 Å². The quantitative estimate of drug-likeness (QED) is 0.262. The van der Waals surface area contributed by atoms with Gasteiger partial charge in [-0.25, -0.2) is 4.99 Å². The summed E-state index contributed by atoms with van der Waals surface area (Å²) in [6, 6.07) is 25.3. The number of hydrogen-bond acceptors (Lipinski definition) is 5. The van der Waals surface area contributed by atoms with E-state index < -0.39 is 0 Å². The summed E-state index contributed by atoms with van der Waals surface area (Å²) in [5, 5.41) is 3.79. The molecule has 0 fully saturated rings. The van der Waals surface area contributed by atoms with E-state index in [1.165, 1.54) is 4.88 Å². The van der Waals surface area contributed by atoms with Crippen LogP contribution in [0.2, 0.25) is 0 Å². The third-order valence-corrected chi connectivity index (χ3v) is 7.37. The van der Waals surface area contributed by atoms with Crippen LogP contribution in [-0.2, 0) is 19.4 Å². The Bertz CT molecular complexity index is 1360. The number of thiophene rings is 1. The number of anilines is 1. The molecule has 1 aliphatic carbocycles. The Morgan fingerprint density at radius 3 is 2.50 bits per heavy atom. The van der Waals surface area contributed by atoms with Crippen molar-refractivity contribution in [2.75, 3.05) is 12.4 Å². The number of ether oxygens (including phenoxy) is 2. The van der Waals surface area contributed by atoms with Crippen molar-refractivity contribution in [3.8, 4) is 11.5 Å². The second-order valence-corrected chi connectivity index (χ2v) is 9.74. The molecule has 6 heteroatoms. The first-order chi connectivity index (χ1) is 17.7. The molecule has 36 heavy (non-hydrogen) atoms. The van der Waals surface area contributed by atoms with Crippen molar-refractivity contribution in [3.05, 3.63) is 106 Å². The Balaban J connectivity index is 1.38. The molecule has 0 atom stereocenters. The van der Waals surface area contributed by atoms with Gasteiger partial charge >= 0.3 is 0 Å². The van der Waals surface area contributed by atoms with Crippen LogP contribution in [0.15, 0.2) is 83.9 Å². The molecule has 182 valence electrons. The topological polar surface area (TPSA) is 59.9 Å². The highest BCUT2D eigenvalue weighted by Gasteiger charge is 2.25. The number of carbonyl (C=O) groups is 1. The van der Waals surface area contributed by atoms with Crippen molar-refractivity contribution >= 4 is 34.1 Å². The molecule has 5 nitrogen and oxygen atoms in total. The third-order valence-electron chi connectivity index (χ3n) is 6.17. The SMILES string of the molecule is COc1cc(/C=N/c2sc3c(c2C(=O)Nc2ccccc2)CCCC3)ccc1OCc1ccccc1. The summed E-state index contributed by atoms with van der Waals surface area (Å²) in [4.78, 5) is 19.3. The molecule has 0 bridgehead atoms. The highest BCUT2D eigenvalue weighted by molar-refractivity contribution is 7.16. The monoisotopic (exact) mass is 496 g/mol. The van der Waals surface area contributed by atoms with Gasteiger partial charge < -0.3 is 14.8 Å². The number of fused-ring (bicyclic) bond motifs is 1. The Hall–Kier alpha value is -3.90. The van der Waals surface area contributed by atoms with E-state index in [0.29, 0.717) is 23.7 Å². The van der Waals surface area contributed by atoms with E-state index in [1.807, 2.05) is 78.9 Å². The van der Waals surface area contributed by atoms with Crippen LogP contribution in [0.25, 0.3) is 0 Å². The molecule has 0 unspecified atom stereocenters. The lowest BCUT2D eigenvalue weighted by Gasteiger charge is -2.13. The van der Waals surface area contributed by atoms with Crippen molar-refractivity contribution < 1.29 is 14.3 Å². The zero-order chi connectivity index (χ0) is 24.7. The fraction of sp³-hybridized carbons (Fsp3) is 0.200. The van der Waals surface area contributed by atoms with Crippen LogP contribution < -0.4 is 14.8 Å². The Morgan fingerprint density at radius 2 is 1.72 bits per heavy atom. The minimum Gasteiger partial charge on any atom is -0.493 e. The Kier molecular flexibility index (Phi) is 7.43. The van der Waals surface area contributed by atoms with E-state index in [1.54, 1.807) is 24.7 Å². The number of amides is 1. The first kappa shape index (κ1) is 23.8. The Morgan fingerprint density at radius 1 is 0.972 bits per heavy atom. The minimum atomic E-state index is -0.102. The summed E-state index contributed by atoms with van der Waals surface area (Å²) in [6.07, 6.45) is 5.96. The molecule has 1 heterocycles. The van der Waals surface area contributed by atoms with Gasteiger partial charge in [-0.1, -0.05) is 48.5 Å². The van der Waals surface area contributed by atoms with Crippen LogP contribution in [-0.4, -0.2) is 19.2 Å². The maximum absolute atomic E-state index is 13.3. The zero-order valence-corrected chi connectivity index (χ0v) is 21.0. The predicted molar refractivity (Wildman–Crippen MR) is 146 cm³/mol. The van der Waals surface area contributed by atoms with E-state index in [4.69, 9.17) is 14.5 Å². The molecule has 1 N–H and O–H groups in total. The van der Waals surface area contributed by atoms with Crippen molar-refractivity contribution in [2.24, 2.45) is 4.99 Å². The number of nitrogens with one attached hydrogen (secondary N) is 1. The summed E-state index contributed by atoms with van der Waals surface area (Å²) in [5.41, 5.74) is 4.59. The smallest absolute Gasteiger partial charge is 0.259 e. The summed E-state index contributed by atoms with van der Waals surface area (Å²) in [5.74, 6) is 1.21. The van der Waals surface area contributed by atoms with Gasteiger partial charge in [0.05, 0.1) is 12.7 Å². The van der Waals surface area contributed by atoms with Crippen LogP contribution >= 0.6 is 11.3 Å². The molecular formula is C30H28N2O3S. The lowest BCUT2D eigenvalue weighted by molar-refractivity contribution is 0.102. The molecule has 1 aromatic heterocycles. The maximum Gasteiger partial charge on any atom is 0.259 e. The highest BCUT2D eigenvalue weighted by atomic mass is 32.1. The van der Waals surface area contributed by atoms with Crippen LogP contribution in [0.5, 0.6) is 11.5 Å². The molecule has 0 radical (unpaired) electrons. The lowest BCUT2D eigenvalue weighted by atomic mass is 9.95. The number of hydrogen-bond donors (Lipinski definition) is 1. The van der Waals surface area contributed by atoms with Crippen molar-refractivity contribution in [1.29, 1.82) is 0 Å². The molecular weight excluding hydrogens is 468 g/mol. The summed E-state index contributed by atoms with van der Waals surface area (Å²) >= 11 is 1.62. The van der Waals surface area contributed by atoms with Crippen molar-refractivity contribution in [3.63, 3.8) is 0 Å². The number of rotatable bonds is 8. The number of aryl methyl sites for hydroxylation is 1. The van der Waals surface area contributed by atoms with E-state index in [0.717, 1.165) is 53.1 Å². The largest absolute Gasteiger partial charge is 0.493 e. The minimum absolute atomic E-state index is 0.102. The van der Waals surface area contributed by atoms with Crippen LogP contribution in [0.3, 0.4) is 0 Å². The highest BCUT2D eigenvalue weighted by Crippen LogP contribution is 2.40. The van der Waals surface area contributed by atoms with E-state index in [2.05, 4.69) is 5.32 Å². The second-order valence-electron chi connectivity index (χ2n) is 8.65. The number of para-hydroxylation sites is 1. The van der Waals surface area contributed by atoms with Gasteiger partial charge in [-0.2, -0.15) is 0 Å². The van der Waals surface area contributed by atoms with Gasteiger partial charge in [-0.3, -0.25) is 4.79 Å². The van der Waals surface area contributed by atoms with Crippen LogP contribution in [0.4, 0.5) is 10.7 Å². The molecule has 4 aromatic rings. The summed E-state index contributed by atoms with van der Waals surface area (Å²) in [7, 11) is 1.63. The molecule has 0 spiro atoms. The van der Waals surface area contributed by atoms with Gasteiger partial charge in [0.25, 0.3) is 5.91 Å². The van der Waals surface area contributed by atoms with Gasteiger partial charge in [-0.05, 0) is 72.7 Å². The molecule has 1 amide bonds. The maximum atomic E-state index is 13.3. The van der Waals surface area contributed by atoms with Crippen LogP contribution in [0, 0.1) is 0 Å². The van der Waals surface area contributed by atoms with Crippen LogP contribution in [0.1, 0.15) is 44.8 Å². The van der Waals surface area contributed by atoms with E-state index >= 15 is 0 Å². The Labute approximate surface area is 215 Å². The number of aliphatic imine (C=N–C) groups is 1. The fourth-order valence-electron chi connectivity index (χ4n) is 4.34. The van der Waals surface area contributed by atoms with Gasteiger partial charge in [-0.15, -0.1) is 11.3 Å². The zero-order valence-electron chi connectivity index (χ0n) is 20.2. The standard InChI is InChI=1S/C30H28N2O3S/c1-34-26-18-22(16-17-25(26)35-20-21-10-4-2-5-11-21)19-31-30-28(24-14-8-9-15-27(24)36-30)29(33)32-23-12-6-3-7-13-23/h2-7,10-13,16-19H,8-9,14-15,20H2,1H3,(H,32,33)/b31-19+. The van der Waals surface area contributed by atoms with E-state index in [9.17, 15) is 4.79 Å². The first-order valence-electron chi connectivity index (χ1n) is 12.1.